The maximum Gasteiger partial charge on any atom is 0.136 e. The standard InChI is InChI=1S/C20H28O2/c1-2-3-4-5-9-12-19-18(13-14-20(19)21)16-22-15-17-10-7-6-8-11-17/h5-11,18-19H,2-4,12-16H2,1H3/b9-5-. The summed E-state index contributed by atoms with van der Waals surface area (Å²) in [5, 5.41) is 0. The maximum atomic E-state index is 12.0. The SMILES string of the molecule is CCCC/C=C\CC1C(=O)CCC1COCc1ccccc1. The summed E-state index contributed by atoms with van der Waals surface area (Å²) in [5.41, 5.74) is 1.20. The maximum absolute atomic E-state index is 12.0. The van der Waals surface area contributed by atoms with Crippen LogP contribution in [-0.4, -0.2) is 12.4 Å². The Morgan fingerprint density at radius 1 is 1.23 bits per heavy atom. The summed E-state index contributed by atoms with van der Waals surface area (Å²) in [7, 11) is 0. The van der Waals surface area contributed by atoms with Crippen LogP contribution in [0.2, 0.25) is 0 Å². The van der Waals surface area contributed by atoms with Gasteiger partial charge in [0.15, 0.2) is 0 Å². The predicted molar refractivity (Wildman–Crippen MR) is 90.6 cm³/mol. The lowest BCUT2D eigenvalue weighted by atomic mass is 9.92. The van der Waals surface area contributed by atoms with E-state index in [1.807, 2.05) is 18.2 Å². The van der Waals surface area contributed by atoms with Crippen LogP contribution in [0.4, 0.5) is 0 Å². The first-order valence-electron chi connectivity index (χ1n) is 8.60. The van der Waals surface area contributed by atoms with Crippen molar-refractivity contribution in [2.45, 2.75) is 52.1 Å². The molecule has 1 aliphatic carbocycles. The third-order valence-corrected chi connectivity index (χ3v) is 4.47. The van der Waals surface area contributed by atoms with Gasteiger partial charge in [0.25, 0.3) is 0 Å². The molecule has 0 spiro atoms. The van der Waals surface area contributed by atoms with E-state index in [4.69, 9.17) is 4.74 Å². The van der Waals surface area contributed by atoms with Crippen LogP contribution in [0.3, 0.4) is 0 Å². The fraction of sp³-hybridized carbons (Fsp3) is 0.550. The zero-order valence-electron chi connectivity index (χ0n) is 13.7. The lowest BCUT2D eigenvalue weighted by molar-refractivity contribution is -0.121. The van der Waals surface area contributed by atoms with E-state index in [0.717, 1.165) is 25.7 Å². The van der Waals surface area contributed by atoms with Crippen LogP contribution >= 0.6 is 0 Å². The molecular formula is C20H28O2. The summed E-state index contributed by atoms with van der Waals surface area (Å²) in [4.78, 5) is 12.0. The molecule has 22 heavy (non-hydrogen) atoms. The van der Waals surface area contributed by atoms with Gasteiger partial charge in [0.2, 0.25) is 0 Å². The van der Waals surface area contributed by atoms with Gasteiger partial charge in [-0.2, -0.15) is 0 Å². The Hall–Kier alpha value is -1.41. The Balaban J connectivity index is 1.74. The third kappa shape index (κ3) is 5.42. The molecule has 0 radical (unpaired) electrons. The Kier molecular flexibility index (Phi) is 7.38. The van der Waals surface area contributed by atoms with E-state index in [0.29, 0.717) is 24.9 Å². The first-order chi connectivity index (χ1) is 10.8. The highest BCUT2D eigenvalue weighted by molar-refractivity contribution is 5.83. The highest BCUT2D eigenvalue weighted by Crippen LogP contribution is 2.32. The van der Waals surface area contributed by atoms with Crippen molar-refractivity contribution < 1.29 is 9.53 Å². The molecule has 1 saturated carbocycles. The number of ketones is 1. The highest BCUT2D eigenvalue weighted by Gasteiger charge is 2.33. The number of ether oxygens (including phenoxy) is 1. The van der Waals surface area contributed by atoms with E-state index in [2.05, 4.69) is 31.2 Å². The van der Waals surface area contributed by atoms with Crippen LogP contribution < -0.4 is 0 Å². The predicted octanol–water partition coefficient (Wildman–Crippen LogP) is 4.94. The second-order valence-electron chi connectivity index (χ2n) is 6.22. The molecule has 2 nitrogen and oxygen atoms in total. The Morgan fingerprint density at radius 2 is 2.05 bits per heavy atom. The van der Waals surface area contributed by atoms with Crippen LogP contribution in [0.25, 0.3) is 0 Å². The average Bonchev–Trinajstić information content (AvgIpc) is 2.89. The van der Waals surface area contributed by atoms with Crippen molar-refractivity contribution in [3.8, 4) is 0 Å². The first kappa shape index (κ1) is 17.0. The van der Waals surface area contributed by atoms with Gasteiger partial charge in [0, 0.05) is 12.3 Å². The van der Waals surface area contributed by atoms with Gasteiger partial charge in [-0.25, -0.2) is 0 Å². The van der Waals surface area contributed by atoms with Crippen molar-refractivity contribution in [3.05, 3.63) is 48.0 Å². The number of allylic oxidation sites excluding steroid dienone is 2. The van der Waals surface area contributed by atoms with Gasteiger partial charge in [-0.1, -0.05) is 62.2 Å². The number of carbonyl (C=O) groups is 1. The van der Waals surface area contributed by atoms with Crippen LogP contribution in [0, 0.1) is 11.8 Å². The van der Waals surface area contributed by atoms with Crippen molar-refractivity contribution in [1.29, 1.82) is 0 Å². The number of rotatable bonds is 9. The van der Waals surface area contributed by atoms with E-state index in [-0.39, 0.29) is 5.92 Å². The Bertz CT molecular complexity index is 464. The van der Waals surface area contributed by atoms with E-state index in [9.17, 15) is 4.79 Å². The van der Waals surface area contributed by atoms with Gasteiger partial charge in [0.1, 0.15) is 5.78 Å². The number of Topliss-reactive ketones (excluding diaryl/α,β-unsaturated/α-hetero) is 1. The minimum Gasteiger partial charge on any atom is -0.376 e. The van der Waals surface area contributed by atoms with Crippen molar-refractivity contribution in [2.75, 3.05) is 6.61 Å². The normalized spacial score (nSPS) is 21.8. The molecule has 120 valence electrons. The Morgan fingerprint density at radius 3 is 2.82 bits per heavy atom. The molecule has 0 heterocycles. The molecule has 1 fully saturated rings. The molecule has 2 atom stereocenters. The summed E-state index contributed by atoms with van der Waals surface area (Å²) < 4.78 is 5.85. The minimum atomic E-state index is 0.175. The second kappa shape index (κ2) is 9.58. The molecule has 0 aromatic heterocycles. The van der Waals surface area contributed by atoms with E-state index < -0.39 is 0 Å². The summed E-state index contributed by atoms with van der Waals surface area (Å²) in [6, 6.07) is 10.2. The smallest absolute Gasteiger partial charge is 0.136 e. The summed E-state index contributed by atoms with van der Waals surface area (Å²) in [6.45, 7) is 3.55. The topological polar surface area (TPSA) is 26.3 Å². The second-order valence-corrected chi connectivity index (χ2v) is 6.22. The van der Waals surface area contributed by atoms with Crippen molar-refractivity contribution in [1.82, 2.24) is 0 Å². The van der Waals surface area contributed by atoms with Gasteiger partial charge < -0.3 is 4.74 Å². The molecule has 1 aliphatic rings. The highest BCUT2D eigenvalue weighted by atomic mass is 16.5. The lowest BCUT2D eigenvalue weighted by Crippen LogP contribution is -2.18. The molecule has 0 saturated heterocycles. The van der Waals surface area contributed by atoms with Crippen LogP contribution in [0.15, 0.2) is 42.5 Å². The van der Waals surface area contributed by atoms with Gasteiger partial charge in [0.05, 0.1) is 13.2 Å². The van der Waals surface area contributed by atoms with Gasteiger partial charge >= 0.3 is 0 Å². The zero-order chi connectivity index (χ0) is 15.6. The van der Waals surface area contributed by atoms with Gasteiger partial charge in [-0.15, -0.1) is 0 Å². The molecular weight excluding hydrogens is 272 g/mol. The molecule has 1 aromatic carbocycles. The molecule has 0 bridgehead atoms. The van der Waals surface area contributed by atoms with Gasteiger partial charge in [-0.3, -0.25) is 4.79 Å². The minimum absolute atomic E-state index is 0.175. The quantitative estimate of drug-likeness (QED) is 0.477. The number of carbonyl (C=O) groups excluding carboxylic acids is 1. The largest absolute Gasteiger partial charge is 0.376 e. The number of benzene rings is 1. The summed E-state index contributed by atoms with van der Waals surface area (Å²) >= 11 is 0. The molecule has 2 heteroatoms. The van der Waals surface area contributed by atoms with Crippen LogP contribution in [0.5, 0.6) is 0 Å². The fourth-order valence-electron chi connectivity index (χ4n) is 3.09. The average molecular weight is 300 g/mol. The van der Waals surface area contributed by atoms with E-state index in [1.54, 1.807) is 0 Å². The third-order valence-electron chi connectivity index (χ3n) is 4.47. The summed E-state index contributed by atoms with van der Waals surface area (Å²) in [6.07, 6.45) is 10.6. The molecule has 1 aromatic rings. The molecule has 0 N–H and O–H groups in total. The summed E-state index contributed by atoms with van der Waals surface area (Å²) in [5.74, 6) is 0.995. The van der Waals surface area contributed by atoms with Gasteiger partial charge in [-0.05, 0) is 30.7 Å². The van der Waals surface area contributed by atoms with Crippen molar-refractivity contribution in [3.63, 3.8) is 0 Å². The zero-order valence-corrected chi connectivity index (χ0v) is 13.7. The monoisotopic (exact) mass is 300 g/mol. The molecule has 0 aliphatic heterocycles. The molecule has 2 rings (SSSR count). The van der Waals surface area contributed by atoms with Crippen LogP contribution in [0.1, 0.15) is 51.0 Å². The Labute approximate surface area is 134 Å². The van der Waals surface area contributed by atoms with Crippen LogP contribution in [-0.2, 0) is 16.1 Å². The molecule has 0 amide bonds. The lowest BCUT2D eigenvalue weighted by Gasteiger charge is -2.17. The number of hydrogen-bond donors (Lipinski definition) is 0. The van der Waals surface area contributed by atoms with E-state index >= 15 is 0 Å². The number of hydrogen-bond acceptors (Lipinski definition) is 2. The number of unbranched alkanes of at least 4 members (excludes halogenated alkanes) is 2. The van der Waals surface area contributed by atoms with Crippen molar-refractivity contribution in [2.24, 2.45) is 11.8 Å². The fourth-order valence-corrected chi connectivity index (χ4v) is 3.09. The first-order valence-corrected chi connectivity index (χ1v) is 8.60. The van der Waals surface area contributed by atoms with E-state index in [1.165, 1.54) is 18.4 Å². The molecule has 2 unspecified atom stereocenters. The van der Waals surface area contributed by atoms with Crippen molar-refractivity contribution >= 4 is 5.78 Å².